The van der Waals surface area contributed by atoms with Gasteiger partial charge in [-0.2, -0.15) is 0 Å². The predicted molar refractivity (Wildman–Crippen MR) is 123 cm³/mol. The van der Waals surface area contributed by atoms with E-state index in [1.54, 1.807) is 29.2 Å². The van der Waals surface area contributed by atoms with Gasteiger partial charge in [0.05, 0.1) is 24.4 Å². The monoisotopic (exact) mass is 448 g/mol. The Balaban J connectivity index is 1.62. The third-order valence-corrected chi connectivity index (χ3v) is 6.78. The summed E-state index contributed by atoms with van der Waals surface area (Å²) >= 11 is 0. The van der Waals surface area contributed by atoms with E-state index in [4.69, 9.17) is 4.74 Å². The van der Waals surface area contributed by atoms with E-state index in [0.29, 0.717) is 25.1 Å². The molecule has 3 atom stereocenters. The maximum atomic E-state index is 14.0. The molecule has 0 radical (unpaired) electrons. The van der Waals surface area contributed by atoms with Crippen LogP contribution < -0.4 is 11.4 Å². The SMILES string of the molecule is C[C@H]1CC[C@@H](C(=O)N2[C@@H](c3ccccc3)COC2(C)C)n2c(=O)n(-c3ccccc3)c(=O)n21. The Morgan fingerprint density at radius 2 is 1.52 bits per heavy atom. The van der Waals surface area contributed by atoms with Crippen LogP contribution in [0.25, 0.3) is 5.69 Å². The third kappa shape index (κ3) is 3.36. The highest BCUT2D eigenvalue weighted by atomic mass is 16.5. The van der Waals surface area contributed by atoms with Gasteiger partial charge in [-0.1, -0.05) is 48.5 Å². The summed E-state index contributed by atoms with van der Waals surface area (Å²) in [7, 11) is 0. The van der Waals surface area contributed by atoms with Crippen LogP contribution in [0.2, 0.25) is 0 Å². The predicted octanol–water partition coefficient (Wildman–Crippen LogP) is 3.03. The molecule has 3 aromatic rings. The van der Waals surface area contributed by atoms with Gasteiger partial charge in [0.1, 0.15) is 11.8 Å². The van der Waals surface area contributed by atoms with Gasteiger partial charge in [0.15, 0.2) is 0 Å². The van der Waals surface area contributed by atoms with Gasteiger partial charge in [-0.05, 0) is 51.3 Å². The molecule has 2 aromatic carbocycles. The quantitative estimate of drug-likeness (QED) is 0.617. The molecule has 3 heterocycles. The number of carbonyl (C=O) groups excluding carboxylic acids is 1. The van der Waals surface area contributed by atoms with Crippen molar-refractivity contribution >= 4 is 5.91 Å². The highest BCUT2D eigenvalue weighted by molar-refractivity contribution is 5.82. The van der Waals surface area contributed by atoms with Crippen molar-refractivity contribution in [2.24, 2.45) is 0 Å². The summed E-state index contributed by atoms with van der Waals surface area (Å²) in [6.45, 7) is 6.01. The standard InChI is InChI=1S/C25H28N4O4/c1-17-14-15-20(29-24(32)26(23(31)28(17)29)19-12-8-5-9-13-19)22(30)27-21(16-33-25(27,2)3)18-10-6-4-7-11-18/h4-13,17,20-21H,14-16H2,1-3H3/t17-,20-,21+/m0/s1. The van der Waals surface area contributed by atoms with Gasteiger partial charge in [0, 0.05) is 0 Å². The van der Waals surface area contributed by atoms with E-state index in [2.05, 4.69) is 0 Å². The number of fused-ring (bicyclic) bond motifs is 1. The van der Waals surface area contributed by atoms with Crippen molar-refractivity contribution < 1.29 is 9.53 Å². The molecule has 0 N–H and O–H groups in total. The lowest BCUT2D eigenvalue weighted by Crippen LogP contribution is -2.51. The van der Waals surface area contributed by atoms with Crippen LogP contribution in [0.5, 0.6) is 0 Å². The molecule has 8 nitrogen and oxygen atoms in total. The molecule has 0 saturated carbocycles. The topological polar surface area (TPSA) is 78.5 Å². The largest absolute Gasteiger partial charge is 0.354 e. The highest BCUT2D eigenvalue weighted by Gasteiger charge is 2.48. The van der Waals surface area contributed by atoms with E-state index in [1.165, 1.54) is 9.36 Å². The van der Waals surface area contributed by atoms with Crippen molar-refractivity contribution in [2.45, 2.75) is 57.5 Å². The number of hydrogen-bond donors (Lipinski definition) is 0. The van der Waals surface area contributed by atoms with E-state index in [9.17, 15) is 14.4 Å². The maximum Gasteiger partial charge on any atom is 0.352 e. The molecule has 33 heavy (non-hydrogen) atoms. The number of benzene rings is 2. The van der Waals surface area contributed by atoms with Crippen molar-refractivity contribution in [3.63, 3.8) is 0 Å². The molecule has 8 heteroatoms. The lowest BCUT2D eigenvalue weighted by Gasteiger charge is -2.38. The summed E-state index contributed by atoms with van der Waals surface area (Å²) in [4.78, 5) is 42.6. The molecule has 0 aliphatic carbocycles. The summed E-state index contributed by atoms with van der Waals surface area (Å²) in [6, 6.07) is 17.4. The summed E-state index contributed by atoms with van der Waals surface area (Å²) in [5, 5.41) is 0. The Kier molecular flexibility index (Phi) is 5.12. The second-order valence-electron chi connectivity index (χ2n) is 9.26. The summed E-state index contributed by atoms with van der Waals surface area (Å²) in [6.07, 6.45) is 1.10. The van der Waals surface area contributed by atoms with E-state index < -0.39 is 23.1 Å². The highest BCUT2D eigenvalue weighted by Crippen LogP contribution is 2.40. The number of rotatable bonds is 3. The van der Waals surface area contributed by atoms with Gasteiger partial charge >= 0.3 is 11.4 Å². The second kappa shape index (κ2) is 7.88. The number of ether oxygens (including phenoxy) is 1. The van der Waals surface area contributed by atoms with Crippen LogP contribution in [0.3, 0.4) is 0 Å². The number of nitrogens with zero attached hydrogens (tertiary/aromatic N) is 4. The Hall–Kier alpha value is -3.39. The van der Waals surface area contributed by atoms with Gasteiger partial charge in [-0.15, -0.1) is 0 Å². The molecular formula is C25H28N4O4. The molecule has 1 saturated heterocycles. The fraction of sp³-hybridized carbons (Fsp3) is 0.400. The number of para-hydroxylation sites is 1. The van der Waals surface area contributed by atoms with Crippen molar-refractivity contribution in [3.05, 3.63) is 87.2 Å². The molecule has 1 aromatic heterocycles. The maximum absolute atomic E-state index is 14.0. The molecule has 1 amide bonds. The molecule has 2 aliphatic rings. The normalized spacial score (nSPS) is 24.0. The Morgan fingerprint density at radius 3 is 2.18 bits per heavy atom. The molecule has 0 unspecified atom stereocenters. The average molecular weight is 449 g/mol. The number of hydrogen-bond acceptors (Lipinski definition) is 4. The van der Waals surface area contributed by atoms with Crippen LogP contribution >= 0.6 is 0 Å². The molecule has 5 rings (SSSR count). The zero-order valence-corrected chi connectivity index (χ0v) is 19.0. The van der Waals surface area contributed by atoms with E-state index in [-0.39, 0.29) is 18.0 Å². The fourth-order valence-electron chi connectivity index (χ4n) is 5.13. The Labute approximate surface area is 191 Å². The van der Waals surface area contributed by atoms with Gasteiger partial charge in [0.2, 0.25) is 5.91 Å². The van der Waals surface area contributed by atoms with Crippen LogP contribution in [-0.4, -0.2) is 37.1 Å². The minimum absolute atomic E-state index is 0.188. The van der Waals surface area contributed by atoms with Gasteiger partial charge in [-0.3, -0.25) is 4.79 Å². The summed E-state index contributed by atoms with van der Waals surface area (Å²) in [5.41, 5.74) is -0.283. The number of aromatic nitrogens is 3. The zero-order valence-electron chi connectivity index (χ0n) is 19.0. The third-order valence-electron chi connectivity index (χ3n) is 6.78. The van der Waals surface area contributed by atoms with Crippen LogP contribution in [0.4, 0.5) is 0 Å². The lowest BCUT2D eigenvalue weighted by molar-refractivity contribution is -0.151. The molecule has 0 bridgehead atoms. The van der Waals surface area contributed by atoms with Crippen molar-refractivity contribution in [1.82, 2.24) is 18.8 Å². The van der Waals surface area contributed by atoms with E-state index >= 15 is 0 Å². The minimum Gasteiger partial charge on any atom is -0.354 e. The van der Waals surface area contributed by atoms with Crippen LogP contribution in [0.15, 0.2) is 70.3 Å². The molecule has 172 valence electrons. The van der Waals surface area contributed by atoms with Crippen molar-refractivity contribution in [3.8, 4) is 5.69 Å². The van der Waals surface area contributed by atoms with E-state index in [1.807, 2.05) is 57.2 Å². The van der Waals surface area contributed by atoms with Gasteiger partial charge < -0.3 is 9.64 Å². The van der Waals surface area contributed by atoms with Gasteiger partial charge in [-0.25, -0.2) is 23.5 Å². The van der Waals surface area contributed by atoms with Gasteiger partial charge in [0.25, 0.3) is 0 Å². The minimum atomic E-state index is -0.836. The lowest BCUT2D eigenvalue weighted by atomic mass is 10.00. The Bertz CT molecular complexity index is 1290. The average Bonchev–Trinajstić information content (AvgIpc) is 3.28. The second-order valence-corrected chi connectivity index (χ2v) is 9.26. The van der Waals surface area contributed by atoms with Crippen molar-refractivity contribution in [2.75, 3.05) is 6.61 Å². The first kappa shape index (κ1) is 21.5. The molecule has 0 spiro atoms. The number of carbonyl (C=O) groups is 1. The molecule has 2 aliphatic heterocycles. The van der Waals surface area contributed by atoms with Crippen LogP contribution in [0.1, 0.15) is 57.3 Å². The van der Waals surface area contributed by atoms with Crippen molar-refractivity contribution in [1.29, 1.82) is 0 Å². The smallest absolute Gasteiger partial charge is 0.352 e. The summed E-state index contributed by atoms with van der Waals surface area (Å²) in [5.74, 6) is -0.209. The fourth-order valence-corrected chi connectivity index (χ4v) is 5.13. The van der Waals surface area contributed by atoms with Crippen LogP contribution in [0, 0.1) is 0 Å². The first-order valence-corrected chi connectivity index (χ1v) is 11.3. The first-order valence-electron chi connectivity index (χ1n) is 11.3. The molecular weight excluding hydrogens is 420 g/mol. The first-order chi connectivity index (χ1) is 15.8. The van der Waals surface area contributed by atoms with E-state index in [0.717, 1.165) is 10.1 Å². The molecule has 1 fully saturated rings. The number of amides is 1. The Morgan fingerprint density at radius 1 is 0.909 bits per heavy atom. The zero-order chi connectivity index (χ0) is 23.3. The summed E-state index contributed by atoms with van der Waals surface area (Å²) < 4.78 is 9.98. The van der Waals surface area contributed by atoms with Crippen LogP contribution in [-0.2, 0) is 9.53 Å².